The molecule has 0 saturated heterocycles. The Hall–Kier alpha value is -2.69. The van der Waals surface area contributed by atoms with E-state index in [0.29, 0.717) is 23.9 Å². The minimum absolute atomic E-state index is 0.239. The molecule has 0 aliphatic rings. The average Bonchev–Trinajstić information content (AvgIpc) is 2.60. The summed E-state index contributed by atoms with van der Waals surface area (Å²) in [6, 6.07) is 11.6. The molecule has 1 heterocycles. The molecule has 1 atom stereocenters. The quantitative estimate of drug-likeness (QED) is 0.770. The number of carbonyl (C=O) groups excluding carboxylic acids is 1. The Morgan fingerprint density at radius 3 is 2.70 bits per heavy atom. The van der Waals surface area contributed by atoms with Crippen molar-refractivity contribution in [2.75, 3.05) is 11.9 Å². The first-order valence-corrected chi connectivity index (χ1v) is 7.74. The molecule has 0 saturated carbocycles. The first-order chi connectivity index (χ1) is 11.1. The highest BCUT2D eigenvalue weighted by atomic mass is 16.1. The van der Waals surface area contributed by atoms with Gasteiger partial charge in [-0.2, -0.15) is 0 Å². The number of aromatic nitrogens is 2. The molecular formula is C18H22N4O. The number of hydrogen-bond donors (Lipinski definition) is 2. The molecule has 0 spiro atoms. The van der Waals surface area contributed by atoms with Gasteiger partial charge in [-0.1, -0.05) is 43.3 Å². The third-order valence-electron chi connectivity index (χ3n) is 3.40. The minimum Gasteiger partial charge on any atom is -0.367 e. The average molecular weight is 310 g/mol. The van der Waals surface area contributed by atoms with Gasteiger partial charge >= 0.3 is 0 Å². The lowest BCUT2D eigenvalue weighted by atomic mass is 10.2. The Bertz CT molecular complexity index is 670. The SMILES string of the molecule is C=CCNC(=O)c1cc(NC(C)CC)nc(-c2ccccc2)n1. The molecule has 0 aliphatic carbocycles. The van der Waals surface area contributed by atoms with E-state index in [-0.39, 0.29) is 11.9 Å². The van der Waals surface area contributed by atoms with Crippen LogP contribution in [-0.2, 0) is 0 Å². The summed E-state index contributed by atoms with van der Waals surface area (Å²) >= 11 is 0. The van der Waals surface area contributed by atoms with Gasteiger partial charge in [0.25, 0.3) is 5.91 Å². The van der Waals surface area contributed by atoms with Gasteiger partial charge in [-0.15, -0.1) is 6.58 Å². The standard InChI is InChI=1S/C18H22N4O/c1-4-11-19-18(23)15-12-16(20-13(3)5-2)22-17(21-15)14-9-7-6-8-10-14/h4,6-10,12-13H,1,5,11H2,2-3H3,(H,19,23)(H,20,21,22). The van der Waals surface area contributed by atoms with E-state index in [9.17, 15) is 4.79 Å². The summed E-state index contributed by atoms with van der Waals surface area (Å²) < 4.78 is 0. The van der Waals surface area contributed by atoms with E-state index in [1.54, 1.807) is 12.1 Å². The number of nitrogens with one attached hydrogen (secondary N) is 2. The van der Waals surface area contributed by atoms with Crippen LogP contribution in [0.3, 0.4) is 0 Å². The van der Waals surface area contributed by atoms with Crippen molar-refractivity contribution in [2.45, 2.75) is 26.3 Å². The van der Waals surface area contributed by atoms with Gasteiger partial charge in [0.05, 0.1) is 0 Å². The summed E-state index contributed by atoms with van der Waals surface area (Å²) in [5, 5.41) is 6.05. The molecule has 5 nitrogen and oxygen atoms in total. The van der Waals surface area contributed by atoms with Crippen LogP contribution in [-0.4, -0.2) is 28.5 Å². The monoisotopic (exact) mass is 310 g/mol. The number of hydrogen-bond acceptors (Lipinski definition) is 4. The van der Waals surface area contributed by atoms with E-state index >= 15 is 0 Å². The van der Waals surface area contributed by atoms with Gasteiger partial charge in [0.15, 0.2) is 5.82 Å². The molecule has 1 unspecified atom stereocenters. The van der Waals surface area contributed by atoms with Crippen molar-refractivity contribution in [1.82, 2.24) is 15.3 Å². The number of nitrogens with zero attached hydrogens (tertiary/aromatic N) is 2. The maximum atomic E-state index is 12.2. The maximum absolute atomic E-state index is 12.2. The fraction of sp³-hybridized carbons (Fsp3) is 0.278. The van der Waals surface area contributed by atoms with Crippen molar-refractivity contribution >= 4 is 11.7 Å². The first kappa shape index (κ1) is 16.7. The number of amides is 1. The van der Waals surface area contributed by atoms with E-state index < -0.39 is 0 Å². The second-order valence-electron chi connectivity index (χ2n) is 5.28. The lowest BCUT2D eigenvalue weighted by Crippen LogP contribution is -2.25. The zero-order valence-corrected chi connectivity index (χ0v) is 13.5. The van der Waals surface area contributed by atoms with Gasteiger partial charge in [-0.05, 0) is 13.3 Å². The molecule has 0 aliphatic heterocycles. The van der Waals surface area contributed by atoms with Crippen molar-refractivity contribution in [1.29, 1.82) is 0 Å². The Morgan fingerprint density at radius 1 is 1.30 bits per heavy atom. The van der Waals surface area contributed by atoms with Crippen LogP contribution in [0.25, 0.3) is 11.4 Å². The van der Waals surface area contributed by atoms with Crippen LogP contribution in [0.15, 0.2) is 49.1 Å². The van der Waals surface area contributed by atoms with Crippen LogP contribution in [0.4, 0.5) is 5.82 Å². The molecule has 0 radical (unpaired) electrons. The van der Waals surface area contributed by atoms with Crippen LogP contribution < -0.4 is 10.6 Å². The molecule has 5 heteroatoms. The van der Waals surface area contributed by atoms with Crippen LogP contribution >= 0.6 is 0 Å². The molecule has 0 fully saturated rings. The Kier molecular flexibility index (Phi) is 5.86. The Balaban J connectivity index is 2.39. The van der Waals surface area contributed by atoms with Gasteiger partial charge in [0, 0.05) is 24.2 Å². The van der Waals surface area contributed by atoms with E-state index in [1.165, 1.54) is 0 Å². The largest absolute Gasteiger partial charge is 0.367 e. The lowest BCUT2D eigenvalue weighted by molar-refractivity contribution is 0.0953. The molecular weight excluding hydrogens is 288 g/mol. The molecule has 120 valence electrons. The van der Waals surface area contributed by atoms with Gasteiger partial charge in [0.1, 0.15) is 11.5 Å². The highest BCUT2D eigenvalue weighted by Gasteiger charge is 2.13. The first-order valence-electron chi connectivity index (χ1n) is 7.74. The van der Waals surface area contributed by atoms with Gasteiger partial charge in [-0.25, -0.2) is 9.97 Å². The van der Waals surface area contributed by atoms with Crippen molar-refractivity contribution in [3.8, 4) is 11.4 Å². The summed E-state index contributed by atoms with van der Waals surface area (Å²) in [4.78, 5) is 21.1. The lowest BCUT2D eigenvalue weighted by Gasteiger charge is -2.14. The normalized spacial score (nSPS) is 11.6. The van der Waals surface area contributed by atoms with Crippen LogP contribution in [0.5, 0.6) is 0 Å². The molecule has 1 amide bonds. The van der Waals surface area contributed by atoms with Crippen molar-refractivity contribution in [3.63, 3.8) is 0 Å². The van der Waals surface area contributed by atoms with E-state index in [1.807, 2.05) is 30.3 Å². The smallest absolute Gasteiger partial charge is 0.270 e. The summed E-state index contributed by atoms with van der Waals surface area (Å²) in [6.07, 6.45) is 2.60. The summed E-state index contributed by atoms with van der Waals surface area (Å²) in [5.41, 5.74) is 1.21. The maximum Gasteiger partial charge on any atom is 0.270 e. The van der Waals surface area contributed by atoms with E-state index in [4.69, 9.17) is 0 Å². The zero-order valence-electron chi connectivity index (χ0n) is 13.5. The Labute approximate surface area is 136 Å². The van der Waals surface area contributed by atoms with Gasteiger partial charge < -0.3 is 10.6 Å². The fourth-order valence-electron chi connectivity index (χ4n) is 1.96. The number of carbonyl (C=O) groups is 1. The van der Waals surface area contributed by atoms with Crippen LogP contribution in [0, 0.1) is 0 Å². The highest BCUT2D eigenvalue weighted by molar-refractivity contribution is 5.93. The third kappa shape index (κ3) is 4.64. The van der Waals surface area contributed by atoms with E-state index in [2.05, 4.69) is 41.0 Å². The molecule has 2 N–H and O–H groups in total. The van der Waals surface area contributed by atoms with Gasteiger partial charge in [0.2, 0.25) is 0 Å². The van der Waals surface area contributed by atoms with E-state index in [0.717, 1.165) is 12.0 Å². The third-order valence-corrected chi connectivity index (χ3v) is 3.40. The summed E-state index contributed by atoms with van der Waals surface area (Å²) in [7, 11) is 0. The number of benzene rings is 1. The van der Waals surface area contributed by atoms with Gasteiger partial charge in [-0.3, -0.25) is 4.79 Å². The molecule has 2 rings (SSSR count). The molecule has 23 heavy (non-hydrogen) atoms. The van der Waals surface area contributed by atoms with Crippen LogP contribution in [0.2, 0.25) is 0 Å². The van der Waals surface area contributed by atoms with Crippen molar-refractivity contribution < 1.29 is 4.79 Å². The number of anilines is 1. The fourth-order valence-corrected chi connectivity index (χ4v) is 1.96. The molecule has 1 aromatic carbocycles. The van der Waals surface area contributed by atoms with Crippen LogP contribution in [0.1, 0.15) is 30.8 Å². The van der Waals surface area contributed by atoms with Crippen molar-refractivity contribution in [2.24, 2.45) is 0 Å². The Morgan fingerprint density at radius 2 is 2.04 bits per heavy atom. The molecule has 2 aromatic rings. The summed E-state index contributed by atoms with van der Waals surface area (Å²) in [5.74, 6) is 0.941. The topological polar surface area (TPSA) is 66.9 Å². The molecule has 1 aromatic heterocycles. The predicted octanol–water partition coefficient (Wildman–Crippen LogP) is 3.27. The number of rotatable bonds is 7. The second-order valence-corrected chi connectivity index (χ2v) is 5.28. The minimum atomic E-state index is -0.239. The highest BCUT2D eigenvalue weighted by Crippen LogP contribution is 2.18. The molecule has 0 bridgehead atoms. The zero-order chi connectivity index (χ0) is 16.7. The van der Waals surface area contributed by atoms with Crippen molar-refractivity contribution in [3.05, 3.63) is 54.7 Å². The summed E-state index contributed by atoms with van der Waals surface area (Å²) in [6.45, 7) is 8.16. The predicted molar refractivity (Wildman–Crippen MR) is 93.4 cm³/mol. The second kappa shape index (κ2) is 8.08.